The molecule has 0 bridgehead atoms. The smallest absolute Gasteiger partial charge is 0.264 e. The maximum Gasteiger partial charge on any atom is 0.264 e. The fourth-order valence-corrected chi connectivity index (χ4v) is 3.55. The first kappa shape index (κ1) is 17.1. The van der Waals surface area contributed by atoms with Gasteiger partial charge in [0.15, 0.2) is 11.4 Å². The van der Waals surface area contributed by atoms with Crippen molar-refractivity contribution in [3.05, 3.63) is 63.1 Å². The van der Waals surface area contributed by atoms with Crippen LogP contribution in [-0.2, 0) is 10.4 Å². The van der Waals surface area contributed by atoms with E-state index < -0.39 is 17.4 Å². The summed E-state index contributed by atoms with van der Waals surface area (Å²) in [4.78, 5) is 26.9. The number of Topliss-reactive ketones (excluding diaryl/α,β-unsaturated/α-hetero) is 1. The van der Waals surface area contributed by atoms with Crippen LogP contribution in [-0.4, -0.2) is 23.8 Å². The maximum atomic E-state index is 12.8. The molecule has 1 amide bonds. The minimum Gasteiger partial charge on any atom is -0.375 e. The summed E-state index contributed by atoms with van der Waals surface area (Å²) in [5, 5.41) is 11.7. The molecular weight excluding hydrogens is 394 g/mol. The van der Waals surface area contributed by atoms with E-state index in [0.29, 0.717) is 21.8 Å². The normalized spacial score (nSPS) is 20.9. The Kier molecular flexibility index (Phi) is 4.28. The van der Waals surface area contributed by atoms with Crippen molar-refractivity contribution >= 4 is 44.9 Å². The molecule has 0 fully saturated rings. The number of nitrogens with zero attached hydrogens (tertiary/aromatic N) is 1. The molecule has 2 aromatic carbocycles. The largest absolute Gasteiger partial charge is 0.375 e. The number of amides is 1. The third-order valence-corrected chi connectivity index (χ3v) is 5.26. The summed E-state index contributed by atoms with van der Waals surface area (Å²) in [5.74, 6) is -1.77. The van der Waals surface area contributed by atoms with Crippen molar-refractivity contribution in [3.8, 4) is 0 Å². The third-order valence-electron chi connectivity index (χ3n) is 4.51. The zero-order valence-corrected chi connectivity index (χ0v) is 15.4. The number of rotatable bonds is 3. The van der Waals surface area contributed by atoms with Crippen LogP contribution < -0.4 is 4.90 Å². The van der Waals surface area contributed by atoms with Gasteiger partial charge in [-0.05, 0) is 42.5 Å². The highest BCUT2D eigenvalue weighted by molar-refractivity contribution is 9.10. The fraction of sp³-hybridized carbons (Fsp3) is 0.222. The van der Waals surface area contributed by atoms with Crippen LogP contribution in [0.15, 0.2) is 46.9 Å². The van der Waals surface area contributed by atoms with Crippen LogP contribution in [0.4, 0.5) is 5.69 Å². The molecule has 6 heteroatoms. The SMILES string of the molecule is CC(C(=O)c1ccc(Cl)cc1)C1(O)C(=O)N(C)c2ccc(Br)cc21. The predicted molar refractivity (Wildman–Crippen MR) is 96.4 cm³/mol. The highest BCUT2D eigenvalue weighted by Gasteiger charge is 2.54. The molecular formula is C18H15BrClNO3. The van der Waals surface area contributed by atoms with Crippen molar-refractivity contribution in [3.63, 3.8) is 0 Å². The van der Waals surface area contributed by atoms with Crippen LogP contribution in [0.1, 0.15) is 22.8 Å². The highest BCUT2D eigenvalue weighted by Crippen LogP contribution is 2.45. The highest BCUT2D eigenvalue weighted by atomic mass is 79.9. The van der Waals surface area contributed by atoms with Crippen LogP contribution in [0.25, 0.3) is 0 Å². The molecule has 1 heterocycles. The van der Waals surface area contributed by atoms with Crippen molar-refractivity contribution in [2.75, 3.05) is 11.9 Å². The minimum atomic E-state index is -1.90. The number of carbonyl (C=O) groups excluding carboxylic acids is 2. The van der Waals surface area contributed by atoms with E-state index in [4.69, 9.17) is 11.6 Å². The quantitative estimate of drug-likeness (QED) is 0.786. The van der Waals surface area contributed by atoms with Gasteiger partial charge in [0.2, 0.25) is 0 Å². The number of benzene rings is 2. The van der Waals surface area contributed by atoms with E-state index >= 15 is 0 Å². The average molecular weight is 409 g/mol. The van der Waals surface area contributed by atoms with Gasteiger partial charge in [0, 0.05) is 27.7 Å². The van der Waals surface area contributed by atoms with Crippen molar-refractivity contribution in [1.29, 1.82) is 0 Å². The number of anilines is 1. The molecule has 0 saturated carbocycles. The van der Waals surface area contributed by atoms with E-state index in [1.165, 1.54) is 4.90 Å². The molecule has 0 spiro atoms. The zero-order valence-electron chi connectivity index (χ0n) is 13.1. The first-order valence-electron chi connectivity index (χ1n) is 7.37. The summed E-state index contributed by atoms with van der Waals surface area (Å²) >= 11 is 9.21. The summed E-state index contributed by atoms with van der Waals surface area (Å²) in [7, 11) is 1.59. The molecule has 4 nitrogen and oxygen atoms in total. The van der Waals surface area contributed by atoms with Gasteiger partial charge in [0.05, 0.1) is 11.6 Å². The first-order valence-corrected chi connectivity index (χ1v) is 8.54. The number of halogens is 2. The van der Waals surface area contributed by atoms with Gasteiger partial charge in [0.1, 0.15) is 0 Å². The molecule has 1 N–H and O–H groups in total. The Morgan fingerprint density at radius 1 is 1.25 bits per heavy atom. The summed E-state index contributed by atoms with van der Waals surface area (Å²) in [5.41, 5.74) is -0.468. The monoisotopic (exact) mass is 407 g/mol. The number of carbonyl (C=O) groups is 2. The second kappa shape index (κ2) is 5.99. The number of fused-ring (bicyclic) bond motifs is 1. The van der Waals surface area contributed by atoms with Crippen LogP contribution in [0.3, 0.4) is 0 Å². The lowest BCUT2D eigenvalue weighted by Gasteiger charge is -2.28. The summed E-state index contributed by atoms with van der Waals surface area (Å²) in [6, 6.07) is 11.6. The van der Waals surface area contributed by atoms with E-state index in [1.807, 2.05) is 0 Å². The maximum absolute atomic E-state index is 12.8. The number of hydrogen-bond donors (Lipinski definition) is 1. The Hall–Kier alpha value is -1.69. The summed E-state index contributed by atoms with van der Waals surface area (Å²) < 4.78 is 0.730. The van der Waals surface area contributed by atoms with Gasteiger partial charge in [-0.1, -0.05) is 34.5 Å². The van der Waals surface area contributed by atoms with Crippen LogP contribution in [0.5, 0.6) is 0 Å². The topological polar surface area (TPSA) is 57.6 Å². The molecule has 1 aliphatic heterocycles. The van der Waals surface area contributed by atoms with Crippen LogP contribution in [0, 0.1) is 5.92 Å². The van der Waals surface area contributed by atoms with E-state index in [1.54, 1.807) is 56.4 Å². The molecule has 0 saturated heterocycles. The standard InChI is InChI=1S/C18H15BrClNO3/c1-10(16(22)11-3-6-13(20)7-4-11)18(24)14-9-12(19)5-8-15(14)21(2)17(18)23/h3-10,24H,1-2H3. The van der Waals surface area contributed by atoms with Crippen molar-refractivity contribution in [2.24, 2.45) is 5.92 Å². The fourth-order valence-electron chi connectivity index (χ4n) is 3.06. The Bertz CT molecular complexity index is 837. The van der Waals surface area contributed by atoms with Gasteiger partial charge in [-0.3, -0.25) is 9.59 Å². The molecule has 0 radical (unpaired) electrons. The van der Waals surface area contributed by atoms with E-state index in [-0.39, 0.29) is 5.78 Å². The second-order valence-electron chi connectivity index (χ2n) is 5.88. The average Bonchev–Trinajstić information content (AvgIpc) is 2.76. The van der Waals surface area contributed by atoms with Gasteiger partial charge in [0.25, 0.3) is 5.91 Å². The number of hydrogen-bond acceptors (Lipinski definition) is 3. The molecule has 24 heavy (non-hydrogen) atoms. The zero-order chi connectivity index (χ0) is 17.6. The Morgan fingerprint density at radius 3 is 2.50 bits per heavy atom. The van der Waals surface area contributed by atoms with Gasteiger partial charge >= 0.3 is 0 Å². The lowest BCUT2D eigenvalue weighted by Crippen LogP contribution is -2.46. The lowest BCUT2D eigenvalue weighted by atomic mass is 9.79. The molecule has 2 unspecified atom stereocenters. The van der Waals surface area contributed by atoms with Gasteiger partial charge in [-0.25, -0.2) is 0 Å². The molecule has 2 aromatic rings. The molecule has 3 rings (SSSR count). The predicted octanol–water partition coefficient (Wildman–Crippen LogP) is 3.79. The Balaban J connectivity index is 2.07. The van der Waals surface area contributed by atoms with E-state index in [9.17, 15) is 14.7 Å². The number of ketones is 1. The van der Waals surface area contributed by atoms with Crippen molar-refractivity contribution in [1.82, 2.24) is 0 Å². The molecule has 124 valence electrons. The van der Waals surface area contributed by atoms with Gasteiger partial charge < -0.3 is 10.0 Å². The van der Waals surface area contributed by atoms with Gasteiger partial charge in [-0.15, -0.1) is 0 Å². The van der Waals surface area contributed by atoms with Gasteiger partial charge in [-0.2, -0.15) is 0 Å². The summed E-state index contributed by atoms with van der Waals surface area (Å²) in [6.07, 6.45) is 0. The van der Waals surface area contributed by atoms with Crippen LogP contribution in [0.2, 0.25) is 5.02 Å². The number of likely N-dealkylation sites (N-methyl/N-ethyl adjacent to an activating group) is 1. The first-order chi connectivity index (χ1) is 11.3. The number of aliphatic hydroxyl groups is 1. The van der Waals surface area contributed by atoms with E-state index in [0.717, 1.165) is 4.47 Å². The van der Waals surface area contributed by atoms with Crippen molar-refractivity contribution < 1.29 is 14.7 Å². The summed E-state index contributed by atoms with van der Waals surface area (Å²) in [6.45, 7) is 1.57. The van der Waals surface area contributed by atoms with E-state index in [2.05, 4.69) is 15.9 Å². The Labute approximate surface area is 153 Å². The Morgan fingerprint density at radius 2 is 1.88 bits per heavy atom. The second-order valence-corrected chi connectivity index (χ2v) is 7.24. The lowest BCUT2D eigenvalue weighted by molar-refractivity contribution is -0.139. The molecule has 1 aliphatic rings. The van der Waals surface area contributed by atoms with Crippen LogP contribution >= 0.6 is 27.5 Å². The molecule has 0 aromatic heterocycles. The van der Waals surface area contributed by atoms with Crippen molar-refractivity contribution in [2.45, 2.75) is 12.5 Å². The molecule has 0 aliphatic carbocycles. The minimum absolute atomic E-state index is 0.316. The molecule has 2 atom stereocenters. The third kappa shape index (κ3) is 2.48.